The highest BCUT2D eigenvalue weighted by Gasteiger charge is 2.11. The van der Waals surface area contributed by atoms with Gasteiger partial charge in [0.25, 0.3) is 0 Å². The monoisotopic (exact) mass is 270 g/mol. The molecule has 0 amide bonds. The summed E-state index contributed by atoms with van der Waals surface area (Å²) in [4.78, 5) is 0. The number of anilines is 2. The van der Waals surface area contributed by atoms with Gasteiger partial charge in [-0.05, 0) is 30.5 Å². The zero-order valence-electron chi connectivity index (χ0n) is 11.4. The van der Waals surface area contributed by atoms with Crippen LogP contribution in [0.15, 0.2) is 24.3 Å². The third-order valence-corrected chi connectivity index (χ3v) is 3.37. The molecule has 1 unspecified atom stereocenters. The third kappa shape index (κ3) is 4.96. The number of hydrogen-bond acceptors (Lipinski definition) is 3. The Morgan fingerprint density at radius 3 is 2.33 bits per heavy atom. The van der Waals surface area contributed by atoms with Gasteiger partial charge >= 0.3 is 0 Å². The van der Waals surface area contributed by atoms with Gasteiger partial charge in [0.2, 0.25) is 10.0 Å². The van der Waals surface area contributed by atoms with E-state index in [1.54, 1.807) is 6.07 Å². The van der Waals surface area contributed by atoms with Crippen LogP contribution in [-0.4, -0.2) is 20.7 Å². The Morgan fingerprint density at radius 2 is 1.83 bits per heavy atom. The first kappa shape index (κ1) is 14.8. The van der Waals surface area contributed by atoms with Crippen LogP contribution in [-0.2, 0) is 10.0 Å². The SMILES string of the molecule is CCC(Nc1cccc(NS(C)(=O)=O)c1)C(C)C. The largest absolute Gasteiger partial charge is 0.382 e. The molecule has 1 aromatic rings. The Morgan fingerprint density at radius 1 is 1.22 bits per heavy atom. The standard InChI is InChI=1S/C13H22N2O2S/c1-5-13(10(2)3)14-11-7-6-8-12(9-11)15-18(4,16)17/h6-10,13-15H,5H2,1-4H3. The topological polar surface area (TPSA) is 58.2 Å². The average Bonchev–Trinajstić information content (AvgIpc) is 2.23. The van der Waals surface area contributed by atoms with Crippen LogP contribution in [0, 0.1) is 5.92 Å². The molecule has 1 aromatic carbocycles. The van der Waals surface area contributed by atoms with E-state index in [1.165, 1.54) is 0 Å². The summed E-state index contributed by atoms with van der Waals surface area (Å²) in [5, 5.41) is 3.42. The molecule has 0 aliphatic rings. The first-order valence-corrected chi connectivity index (χ1v) is 8.05. The second kappa shape index (κ2) is 6.09. The fourth-order valence-electron chi connectivity index (χ4n) is 1.84. The average molecular weight is 270 g/mol. The molecule has 0 heterocycles. The lowest BCUT2D eigenvalue weighted by atomic mass is 10.0. The van der Waals surface area contributed by atoms with E-state index in [2.05, 4.69) is 30.8 Å². The molecular formula is C13H22N2O2S. The molecule has 2 N–H and O–H groups in total. The number of rotatable bonds is 6. The van der Waals surface area contributed by atoms with Crippen LogP contribution in [0.1, 0.15) is 27.2 Å². The van der Waals surface area contributed by atoms with E-state index in [4.69, 9.17) is 0 Å². The highest BCUT2D eigenvalue weighted by Crippen LogP contribution is 2.19. The molecule has 0 saturated heterocycles. The van der Waals surface area contributed by atoms with Gasteiger partial charge in [-0.25, -0.2) is 8.42 Å². The van der Waals surface area contributed by atoms with E-state index in [-0.39, 0.29) is 0 Å². The van der Waals surface area contributed by atoms with Gasteiger partial charge < -0.3 is 5.32 Å². The summed E-state index contributed by atoms with van der Waals surface area (Å²) in [5.74, 6) is 0.529. The molecule has 4 nitrogen and oxygen atoms in total. The lowest BCUT2D eigenvalue weighted by molar-refractivity contribution is 0.511. The summed E-state index contributed by atoms with van der Waals surface area (Å²) in [6.07, 6.45) is 2.18. The maximum atomic E-state index is 11.2. The molecule has 18 heavy (non-hydrogen) atoms. The summed E-state index contributed by atoms with van der Waals surface area (Å²) < 4.78 is 24.8. The van der Waals surface area contributed by atoms with Gasteiger partial charge in [0.1, 0.15) is 0 Å². The highest BCUT2D eigenvalue weighted by atomic mass is 32.2. The molecule has 5 heteroatoms. The van der Waals surface area contributed by atoms with Crippen molar-refractivity contribution in [1.29, 1.82) is 0 Å². The van der Waals surface area contributed by atoms with Gasteiger partial charge in [0.05, 0.1) is 11.9 Å². The summed E-state index contributed by atoms with van der Waals surface area (Å²) in [7, 11) is -3.22. The number of hydrogen-bond donors (Lipinski definition) is 2. The lowest BCUT2D eigenvalue weighted by Gasteiger charge is -2.22. The Hall–Kier alpha value is -1.23. The second-order valence-corrected chi connectivity index (χ2v) is 6.61. The number of sulfonamides is 1. The van der Waals surface area contributed by atoms with Crippen molar-refractivity contribution in [3.05, 3.63) is 24.3 Å². The van der Waals surface area contributed by atoms with Crippen LogP contribution >= 0.6 is 0 Å². The van der Waals surface area contributed by atoms with Crippen molar-refractivity contribution >= 4 is 21.4 Å². The quantitative estimate of drug-likeness (QED) is 0.835. The molecule has 0 fully saturated rings. The summed E-state index contributed by atoms with van der Waals surface area (Å²) >= 11 is 0. The molecule has 0 saturated carbocycles. The van der Waals surface area contributed by atoms with E-state index >= 15 is 0 Å². The molecule has 102 valence electrons. The van der Waals surface area contributed by atoms with Crippen molar-refractivity contribution in [3.63, 3.8) is 0 Å². The summed E-state index contributed by atoms with van der Waals surface area (Å²) in [5.41, 5.74) is 1.52. The van der Waals surface area contributed by atoms with Gasteiger partial charge in [-0.2, -0.15) is 0 Å². The summed E-state index contributed by atoms with van der Waals surface area (Å²) in [6.45, 7) is 6.47. The Kier molecular flexibility index (Phi) is 5.02. The van der Waals surface area contributed by atoms with Crippen LogP contribution in [0.4, 0.5) is 11.4 Å². The van der Waals surface area contributed by atoms with Crippen molar-refractivity contribution in [3.8, 4) is 0 Å². The van der Waals surface area contributed by atoms with Crippen molar-refractivity contribution in [2.75, 3.05) is 16.3 Å². The van der Waals surface area contributed by atoms with Crippen molar-refractivity contribution in [1.82, 2.24) is 0 Å². The Balaban J connectivity index is 2.82. The first-order chi connectivity index (χ1) is 8.31. The maximum Gasteiger partial charge on any atom is 0.229 e. The molecule has 0 aliphatic heterocycles. The number of benzene rings is 1. The molecule has 0 aliphatic carbocycles. The van der Waals surface area contributed by atoms with Gasteiger partial charge in [-0.15, -0.1) is 0 Å². The van der Waals surface area contributed by atoms with Crippen molar-refractivity contribution in [2.45, 2.75) is 33.2 Å². The van der Waals surface area contributed by atoms with E-state index < -0.39 is 10.0 Å². The van der Waals surface area contributed by atoms with Crippen molar-refractivity contribution in [2.24, 2.45) is 5.92 Å². The zero-order valence-corrected chi connectivity index (χ0v) is 12.2. The fraction of sp³-hybridized carbons (Fsp3) is 0.538. The van der Waals surface area contributed by atoms with Gasteiger partial charge in [0.15, 0.2) is 0 Å². The molecule has 0 spiro atoms. The molecule has 0 bridgehead atoms. The second-order valence-electron chi connectivity index (χ2n) is 4.86. The van der Waals surface area contributed by atoms with Gasteiger partial charge in [-0.1, -0.05) is 26.8 Å². The summed E-state index contributed by atoms with van der Waals surface area (Å²) in [6, 6.07) is 7.72. The predicted molar refractivity (Wildman–Crippen MR) is 77.4 cm³/mol. The van der Waals surface area contributed by atoms with Crippen LogP contribution in [0.5, 0.6) is 0 Å². The zero-order chi connectivity index (χ0) is 13.8. The maximum absolute atomic E-state index is 11.2. The van der Waals surface area contributed by atoms with Gasteiger partial charge in [0, 0.05) is 11.7 Å². The highest BCUT2D eigenvalue weighted by molar-refractivity contribution is 7.92. The minimum atomic E-state index is -3.22. The lowest BCUT2D eigenvalue weighted by Crippen LogP contribution is -2.24. The normalized spacial score (nSPS) is 13.4. The molecule has 1 atom stereocenters. The van der Waals surface area contributed by atoms with Crippen molar-refractivity contribution < 1.29 is 8.42 Å². The van der Waals surface area contributed by atoms with E-state index in [1.807, 2.05) is 18.2 Å². The molecular weight excluding hydrogens is 248 g/mol. The van der Waals surface area contributed by atoms with Gasteiger partial charge in [-0.3, -0.25) is 4.72 Å². The Labute approximate surface area is 110 Å². The van der Waals surface area contributed by atoms with E-state index in [9.17, 15) is 8.42 Å². The minimum absolute atomic E-state index is 0.387. The number of nitrogens with one attached hydrogen (secondary N) is 2. The molecule has 1 rings (SSSR count). The molecule has 0 aromatic heterocycles. The Bertz CT molecular complexity index is 484. The molecule has 0 radical (unpaired) electrons. The van der Waals surface area contributed by atoms with E-state index in [0.29, 0.717) is 17.6 Å². The third-order valence-electron chi connectivity index (χ3n) is 2.76. The van der Waals surface area contributed by atoms with Crippen LogP contribution in [0.3, 0.4) is 0 Å². The minimum Gasteiger partial charge on any atom is -0.382 e. The fourth-order valence-corrected chi connectivity index (χ4v) is 2.40. The first-order valence-electron chi connectivity index (χ1n) is 6.16. The van der Waals surface area contributed by atoms with Crippen LogP contribution in [0.25, 0.3) is 0 Å². The predicted octanol–water partition coefficient (Wildman–Crippen LogP) is 2.90. The smallest absolute Gasteiger partial charge is 0.229 e. The van der Waals surface area contributed by atoms with E-state index in [0.717, 1.165) is 18.4 Å². The van der Waals surface area contributed by atoms with Crippen LogP contribution < -0.4 is 10.0 Å². The van der Waals surface area contributed by atoms with Crippen LogP contribution in [0.2, 0.25) is 0 Å².